The Kier molecular flexibility index (Phi) is 8.58. The number of alkyl halides is 7. The minimum absolute atomic E-state index is 0.00950. The molecule has 0 radical (unpaired) electrons. The molecule has 0 amide bonds. The number of benzene rings is 2. The van der Waals surface area contributed by atoms with Gasteiger partial charge < -0.3 is 9.47 Å². The van der Waals surface area contributed by atoms with Crippen molar-refractivity contribution in [1.82, 2.24) is 5.43 Å². The third kappa shape index (κ3) is 6.48. The van der Waals surface area contributed by atoms with E-state index in [2.05, 4.69) is 5.10 Å². The number of halogens is 10. The lowest BCUT2D eigenvalue weighted by Crippen LogP contribution is -2.58. The summed E-state index contributed by atoms with van der Waals surface area (Å²) in [6.45, 7) is 1.75. The Morgan fingerprint density at radius 2 is 1.58 bits per heavy atom. The van der Waals surface area contributed by atoms with Gasteiger partial charge in [-0.25, -0.2) is 5.43 Å². The molecule has 0 aliphatic carbocycles. The summed E-state index contributed by atoms with van der Waals surface area (Å²) in [4.78, 5) is 0. The van der Waals surface area contributed by atoms with E-state index in [-0.39, 0.29) is 35.3 Å². The Balaban J connectivity index is 2.22. The van der Waals surface area contributed by atoms with Crippen LogP contribution >= 0.6 is 34.8 Å². The van der Waals surface area contributed by atoms with Crippen LogP contribution < -0.4 is 14.9 Å². The molecule has 33 heavy (non-hydrogen) atoms. The highest BCUT2D eigenvalue weighted by atomic mass is 35.5. The van der Waals surface area contributed by atoms with Gasteiger partial charge in [-0.1, -0.05) is 40.9 Å². The van der Waals surface area contributed by atoms with E-state index in [1.54, 1.807) is 25.1 Å². The summed E-state index contributed by atoms with van der Waals surface area (Å²) >= 11 is 17.9. The van der Waals surface area contributed by atoms with Crippen LogP contribution in [0, 0.1) is 0 Å². The first-order valence-corrected chi connectivity index (χ1v) is 9.98. The molecule has 4 nitrogen and oxygen atoms in total. The Bertz CT molecular complexity index is 1020. The number of hydrazone groups is 1. The smallest absolute Gasteiger partial charge is 0.462 e. The van der Waals surface area contributed by atoms with Crippen LogP contribution in [0.2, 0.25) is 15.1 Å². The zero-order chi connectivity index (χ0) is 25.0. The van der Waals surface area contributed by atoms with E-state index >= 15 is 0 Å². The monoisotopic (exact) mass is 540 g/mol. The van der Waals surface area contributed by atoms with Crippen molar-refractivity contribution in [1.29, 1.82) is 0 Å². The van der Waals surface area contributed by atoms with E-state index in [1.165, 1.54) is 6.07 Å². The van der Waals surface area contributed by atoms with Crippen LogP contribution in [0.15, 0.2) is 35.4 Å². The van der Waals surface area contributed by atoms with Crippen molar-refractivity contribution in [3.05, 3.63) is 56.5 Å². The van der Waals surface area contributed by atoms with Crippen molar-refractivity contribution in [2.45, 2.75) is 31.7 Å². The van der Waals surface area contributed by atoms with Crippen molar-refractivity contribution in [3.63, 3.8) is 0 Å². The molecule has 182 valence electrons. The standard InChI is InChI=1S/C19H14Cl3F7N2O2/c1-2-32-15-7-11(8-30-31-19(28,29)17(23,24)18(25,26)27)6-14(22)16(15)33-9-10-3-4-12(20)13(21)5-10/h3-8,31H,2,9H2,1H3/b30-8+. The predicted octanol–water partition coefficient (Wildman–Crippen LogP) is 7.34. The van der Waals surface area contributed by atoms with E-state index in [0.29, 0.717) is 27.2 Å². The van der Waals surface area contributed by atoms with Crippen LogP contribution in [-0.4, -0.2) is 31.0 Å². The molecule has 0 saturated carbocycles. The van der Waals surface area contributed by atoms with Crippen LogP contribution in [0.3, 0.4) is 0 Å². The van der Waals surface area contributed by atoms with Crippen LogP contribution in [0.4, 0.5) is 30.7 Å². The molecule has 0 unspecified atom stereocenters. The second-order valence-electron chi connectivity index (χ2n) is 6.32. The molecule has 2 aromatic carbocycles. The minimum atomic E-state index is -6.49. The lowest BCUT2D eigenvalue weighted by Gasteiger charge is -2.27. The Hall–Kier alpha value is -2.11. The van der Waals surface area contributed by atoms with Gasteiger partial charge in [-0.2, -0.15) is 35.8 Å². The lowest BCUT2D eigenvalue weighted by molar-refractivity contribution is -0.361. The van der Waals surface area contributed by atoms with Gasteiger partial charge in [0, 0.05) is 0 Å². The number of rotatable bonds is 9. The first-order valence-electron chi connectivity index (χ1n) is 8.85. The molecular formula is C19H14Cl3F7N2O2. The van der Waals surface area contributed by atoms with Gasteiger partial charge >= 0.3 is 18.1 Å². The van der Waals surface area contributed by atoms with Gasteiger partial charge in [0.1, 0.15) is 6.61 Å². The largest absolute Gasteiger partial charge is 0.490 e. The lowest BCUT2D eigenvalue weighted by atomic mass is 10.2. The number of hydrogen-bond acceptors (Lipinski definition) is 4. The summed E-state index contributed by atoms with van der Waals surface area (Å²) in [6, 6.07) is 1.42. The van der Waals surface area contributed by atoms with Crippen LogP contribution in [0.5, 0.6) is 11.5 Å². The topological polar surface area (TPSA) is 42.8 Å². The zero-order valence-corrected chi connectivity index (χ0v) is 18.7. The third-order valence-corrected chi connectivity index (χ3v) is 4.89. The van der Waals surface area contributed by atoms with E-state index in [4.69, 9.17) is 44.3 Å². The highest BCUT2D eigenvalue weighted by Gasteiger charge is 2.73. The second-order valence-corrected chi connectivity index (χ2v) is 7.54. The third-order valence-electron chi connectivity index (χ3n) is 3.87. The highest BCUT2D eigenvalue weighted by Crippen LogP contribution is 2.45. The fourth-order valence-corrected chi connectivity index (χ4v) is 2.88. The first kappa shape index (κ1) is 27.1. The molecular weight excluding hydrogens is 528 g/mol. The summed E-state index contributed by atoms with van der Waals surface area (Å²) in [5.74, 6) is -6.25. The zero-order valence-electron chi connectivity index (χ0n) is 16.4. The SMILES string of the molecule is CCOc1cc(/C=N/NC(F)(F)C(F)(F)C(F)(F)F)cc(Cl)c1OCc1ccc(Cl)c(Cl)c1. The van der Waals surface area contributed by atoms with Crippen molar-refractivity contribution in [2.75, 3.05) is 6.61 Å². The van der Waals surface area contributed by atoms with Crippen molar-refractivity contribution in [3.8, 4) is 11.5 Å². The maximum absolute atomic E-state index is 13.3. The molecule has 0 spiro atoms. The number of ether oxygens (including phenoxy) is 2. The van der Waals surface area contributed by atoms with Gasteiger partial charge in [0.25, 0.3) is 0 Å². The summed E-state index contributed by atoms with van der Waals surface area (Å²) in [7, 11) is 0. The molecule has 0 atom stereocenters. The van der Waals surface area contributed by atoms with E-state index in [0.717, 1.165) is 6.07 Å². The van der Waals surface area contributed by atoms with Crippen molar-refractivity contribution < 1.29 is 40.2 Å². The number of hydrogen-bond donors (Lipinski definition) is 1. The normalized spacial score (nSPS) is 12.8. The molecule has 2 aromatic rings. The van der Waals surface area contributed by atoms with E-state index in [1.807, 2.05) is 0 Å². The van der Waals surface area contributed by atoms with Gasteiger partial charge in [-0.15, -0.1) is 0 Å². The average molecular weight is 542 g/mol. The fourth-order valence-electron chi connectivity index (χ4n) is 2.29. The van der Waals surface area contributed by atoms with Crippen molar-refractivity contribution >= 4 is 41.0 Å². The highest BCUT2D eigenvalue weighted by molar-refractivity contribution is 6.42. The van der Waals surface area contributed by atoms with Crippen LogP contribution in [0.1, 0.15) is 18.1 Å². The number of nitrogens with zero attached hydrogens (tertiary/aromatic N) is 1. The van der Waals surface area contributed by atoms with Crippen LogP contribution in [-0.2, 0) is 6.61 Å². The molecule has 0 bridgehead atoms. The van der Waals surface area contributed by atoms with Crippen LogP contribution in [0.25, 0.3) is 0 Å². The second kappa shape index (κ2) is 10.4. The Morgan fingerprint density at radius 3 is 2.15 bits per heavy atom. The fraction of sp³-hybridized carbons (Fsp3) is 0.316. The molecule has 0 heterocycles. The molecule has 0 aliphatic rings. The van der Waals surface area contributed by atoms with Crippen molar-refractivity contribution in [2.24, 2.45) is 5.10 Å². The molecule has 0 aromatic heterocycles. The van der Waals surface area contributed by atoms with Gasteiger partial charge in [-0.3, -0.25) is 0 Å². The molecule has 0 fully saturated rings. The minimum Gasteiger partial charge on any atom is -0.490 e. The quantitative estimate of drug-likeness (QED) is 0.156. The molecule has 0 aliphatic heterocycles. The summed E-state index contributed by atoms with van der Waals surface area (Å²) < 4.78 is 99.9. The summed E-state index contributed by atoms with van der Waals surface area (Å²) in [6.07, 6.45) is -5.92. The van der Waals surface area contributed by atoms with Gasteiger partial charge in [-0.05, 0) is 42.3 Å². The van der Waals surface area contributed by atoms with Gasteiger partial charge in [0.15, 0.2) is 11.5 Å². The predicted molar refractivity (Wildman–Crippen MR) is 110 cm³/mol. The molecule has 14 heteroatoms. The summed E-state index contributed by atoms with van der Waals surface area (Å²) in [5.41, 5.74) is 1.10. The van der Waals surface area contributed by atoms with E-state index in [9.17, 15) is 30.7 Å². The Labute approximate surface area is 198 Å². The Morgan fingerprint density at radius 1 is 0.909 bits per heavy atom. The van der Waals surface area contributed by atoms with Gasteiger partial charge in [0.2, 0.25) is 0 Å². The molecule has 1 N–H and O–H groups in total. The van der Waals surface area contributed by atoms with E-state index < -0.39 is 18.1 Å². The molecule has 0 saturated heterocycles. The molecule has 2 rings (SSSR count). The maximum Gasteiger partial charge on any atom is 0.462 e. The number of nitrogens with one attached hydrogen (secondary N) is 1. The maximum atomic E-state index is 13.3. The average Bonchev–Trinajstić information content (AvgIpc) is 2.69. The van der Waals surface area contributed by atoms with Gasteiger partial charge in [0.05, 0.1) is 27.9 Å². The summed E-state index contributed by atoms with van der Waals surface area (Å²) in [5, 5.41) is 3.34. The first-order chi connectivity index (χ1) is 15.2.